The summed E-state index contributed by atoms with van der Waals surface area (Å²) in [5, 5.41) is 11.0. The molecule has 0 aromatic carbocycles. The number of carbonyl (C=O) groups excluding carboxylic acids is 1. The average molecular weight is 296 g/mol. The molecule has 0 aliphatic rings. The van der Waals surface area contributed by atoms with Crippen LogP contribution in [0.3, 0.4) is 0 Å². The molecule has 120 valence electrons. The Kier molecular flexibility index (Phi) is 6.29. The molecular weight excluding hydrogens is 268 g/mol. The van der Waals surface area contributed by atoms with Crippen molar-refractivity contribution in [2.75, 3.05) is 20.1 Å². The number of amides is 1. The SMILES string of the molecule is CCC(N)(CC)CNC(=O)CN(C)Cc1nnc(C)n1C. The van der Waals surface area contributed by atoms with Crippen molar-refractivity contribution >= 4 is 5.91 Å². The van der Waals surface area contributed by atoms with Gasteiger partial charge in [0, 0.05) is 19.1 Å². The van der Waals surface area contributed by atoms with E-state index in [1.165, 1.54) is 0 Å². The molecule has 0 unspecified atom stereocenters. The van der Waals surface area contributed by atoms with Gasteiger partial charge >= 0.3 is 0 Å². The van der Waals surface area contributed by atoms with Gasteiger partial charge in [-0.05, 0) is 26.8 Å². The minimum atomic E-state index is -0.311. The maximum atomic E-state index is 12.0. The van der Waals surface area contributed by atoms with Crippen LogP contribution in [0.4, 0.5) is 0 Å². The lowest BCUT2D eigenvalue weighted by molar-refractivity contribution is -0.122. The summed E-state index contributed by atoms with van der Waals surface area (Å²) in [6.45, 7) is 7.39. The highest BCUT2D eigenvalue weighted by atomic mass is 16.2. The topological polar surface area (TPSA) is 89.1 Å². The molecule has 0 radical (unpaired) electrons. The molecule has 0 atom stereocenters. The summed E-state index contributed by atoms with van der Waals surface area (Å²) in [4.78, 5) is 13.9. The van der Waals surface area contributed by atoms with Crippen LogP contribution in [-0.4, -0.2) is 51.2 Å². The molecule has 1 aromatic heterocycles. The number of hydrogen-bond acceptors (Lipinski definition) is 5. The summed E-state index contributed by atoms with van der Waals surface area (Å²) in [5.74, 6) is 1.69. The quantitative estimate of drug-likeness (QED) is 0.715. The molecule has 1 heterocycles. The Labute approximate surface area is 126 Å². The molecule has 3 N–H and O–H groups in total. The predicted molar refractivity (Wildman–Crippen MR) is 82.6 cm³/mol. The van der Waals surface area contributed by atoms with E-state index < -0.39 is 0 Å². The maximum Gasteiger partial charge on any atom is 0.234 e. The molecule has 1 amide bonds. The molecule has 0 saturated carbocycles. The molecule has 0 spiro atoms. The monoisotopic (exact) mass is 296 g/mol. The zero-order valence-corrected chi connectivity index (χ0v) is 13.8. The lowest BCUT2D eigenvalue weighted by Gasteiger charge is -2.27. The fourth-order valence-electron chi connectivity index (χ4n) is 1.96. The molecule has 1 rings (SSSR count). The first-order chi connectivity index (χ1) is 9.81. The van der Waals surface area contributed by atoms with E-state index in [1.54, 1.807) is 0 Å². The smallest absolute Gasteiger partial charge is 0.234 e. The Morgan fingerprint density at radius 3 is 2.48 bits per heavy atom. The summed E-state index contributed by atoms with van der Waals surface area (Å²) in [7, 11) is 3.81. The third kappa shape index (κ3) is 5.09. The van der Waals surface area contributed by atoms with Gasteiger partial charge in [-0.25, -0.2) is 0 Å². The maximum absolute atomic E-state index is 12.0. The van der Waals surface area contributed by atoms with Gasteiger partial charge < -0.3 is 15.6 Å². The van der Waals surface area contributed by atoms with E-state index in [2.05, 4.69) is 15.5 Å². The lowest BCUT2D eigenvalue weighted by Crippen LogP contribution is -2.50. The average Bonchev–Trinajstić information content (AvgIpc) is 2.76. The van der Waals surface area contributed by atoms with Gasteiger partial charge in [0.05, 0.1) is 13.1 Å². The second-order valence-electron chi connectivity index (χ2n) is 5.74. The first-order valence-electron chi connectivity index (χ1n) is 7.40. The third-order valence-electron chi connectivity index (χ3n) is 4.05. The van der Waals surface area contributed by atoms with Crippen molar-refractivity contribution < 1.29 is 4.79 Å². The van der Waals surface area contributed by atoms with Crippen molar-refractivity contribution in [1.82, 2.24) is 25.0 Å². The van der Waals surface area contributed by atoms with Crippen LogP contribution in [0.15, 0.2) is 0 Å². The number of carbonyl (C=O) groups is 1. The van der Waals surface area contributed by atoms with E-state index in [-0.39, 0.29) is 11.4 Å². The van der Waals surface area contributed by atoms with Crippen molar-refractivity contribution in [1.29, 1.82) is 0 Å². The van der Waals surface area contributed by atoms with Crippen molar-refractivity contribution in [3.63, 3.8) is 0 Å². The van der Waals surface area contributed by atoms with Crippen LogP contribution in [-0.2, 0) is 18.4 Å². The highest BCUT2D eigenvalue weighted by Gasteiger charge is 2.21. The molecule has 1 aromatic rings. The number of likely N-dealkylation sites (N-methyl/N-ethyl adjacent to an activating group) is 1. The van der Waals surface area contributed by atoms with E-state index in [1.807, 2.05) is 44.3 Å². The van der Waals surface area contributed by atoms with Crippen LogP contribution in [0, 0.1) is 6.92 Å². The second-order valence-corrected chi connectivity index (χ2v) is 5.74. The number of nitrogens with two attached hydrogens (primary N) is 1. The third-order valence-corrected chi connectivity index (χ3v) is 4.05. The second kappa shape index (κ2) is 7.51. The fraction of sp³-hybridized carbons (Fsp3) is 0.786. The Hall–Kier alpha value is -1.47. The zero-order chi connectivity index (χ0) is 16.0. The van der Waals surface area contributed by atoms with Crippen molar-refractivity contribution in [2.24, 2.45) is 12.8 Å². The van der Waals surface area contributed by atoms with Gasteiger partial charge in [-0.1, -0.05) is 13.8 Å². The fourth-order valence-corrected chi connectivity index (χ4v) is 1.96. The molecule has 0 aliphatic heterocycles. The molecule has 0 aliphatic carbocycles. The molecule has 7 nitrogen and oxygen atoms in total. The minimum Gasteiger partial charge on any atom is -0.353 e. The first kappa shape index (κ1) is 17.6. The Morgan fingerprint density at radius 1 is 1.38 bits per heavy atom. The molecule has 0 bridgehead atoms. The van der Waals surface area contributed by atoms with E-state index in [4.69, 9.17) is 5.73 Å². The number of hydrogen-bond donors (Lipinski definition) is 2. The zero-order valence-electron chi connectivity index (χ0n) is 13.8. The van der Waals surface area contributed by atoms with Crippen molar-refractivity contribution in [3.05, 3.63) is 11.6 Å². The highest BCUT2D eigenvalue weighted by molar-refractivity contribution is 5.78. The van der Waals surface area contributed by atoms with Gasteiger partial charge in [0.15, 0.2) is 0 Å². The highest BCUT2D eigenvalue weighted by Crippen LogP contribution is 2.09. The Bertz CT molecular complexity index is 466. The Morgan fingerprint density at radius 2 is 2.00 bits per heavy atom. The van der Waals surface area contributed by atoms with Crippen LogP contribution in [0.1, 0.15) is 38.3 Å². The normalized spacial score (nSPS) is 12.0. The molecule has 21 heavy (non-hydrogen) atoms. The number of nitrogens with zero attached hydrogens (tertiary/aromatic N) is 4. The summed E-state index contributed by atoms with van der Waals surface area (Å²) in [5.41, 5.74) is 5.86. The van der Waals surface area contributed by atoms with Gasteiger partial charge in [-0.2, -0.15) is 0 Å². The molecule has 0 saturated heterocycles. The number of aryl methyl sites for hydroxylation is 1. The van der Waals surface area contributed by atoms with Crippen LogP contribution < -0.4 is 11.1 Å². The summed E-state index contributed by atoms with van der Waals surface area (Å²) in [6, 6.07) is 0. The summed E-state index contributed by atoms with van der Waals surface area (Å²) in [6.07, 6.45) is 1.69. The number of nitrogens with one attached hydrogen (secondary N) is 1. The van der Waals surface area contributed by atoms with E-state index in [0.29, 0.717) is 19.6 Å². The van der Waals surface area contributed by atoms with Crippen molar-refractivity contribution in [2.45, 2.75) is 45.7 Å². The van der Waals surface area contributed by atoms with Crippen LogP contribution in [0.2, 0.25) is 0 Å². The van der Waals surface area contributed by atoms with Gasteiger partial charge in [-0.3, -0.25) is 9.69 Å². The van der Waals surface area contributed by atoms with Gasteiger partial charge in [0.2, 0.25) is 5.91 Å². The largest absolute Gasteiger partial charge is 0.353 e. The van der Waals surface area contributed by atoms with E-state index >= 15 is 0 Å². The van der Waals surface area contributed by atoms with Crippen LogP contribution in [0.25, 0.3) is 0 Å². The first-order valence-corrected chi connectivity index (χ1v) is 7.40. The van der Waals surface area contributed by atoms with E-state index in [0.717, 1.165) is 24.5 Å². The van der Waals surface area contributed by atoms with Gasteiger partial charge in [0.25, 0.3) is 0 Å². The summed E-state index contributed by atoms with van der Waals surface area (Å²) >= 11 is 0. The number of rotatable bonds is 8. The van der Waals surface area contributed by atoms with Gasteiger partial charge in [-0.15, -0.1) is 10.2 Å². The van der Waals surface area contributed by atoms with E-state index in [9.17, 15) is 4.79 Å². The molecule has 0 fully saturated rings. The lowest BCUT2D eigenvalue weighted by atomic mass is 9.94. The van der Waals surface area contributed by atoms with Crippen LogP contribution in [0.5, 0.6) is 0 Å². The number of aromatic nitrogens is 3. The van der Waals surface area contributed by atoms with Crippen molar-refractivity contribution in [3.8, 4) is 0 Å². The molecule has 7 heteroatoms. The standard InChI is InChI=1S/C14H28N6O/c1-6-14(15,7-2)10-16-13(21)9-19(4)8-12-18-17-11(3)20(12)5/h6-10,15H2,1-5H3,(H,16,21). The van der Waals surface area contributed by atoms with Crippen LogP contribution >= 0.6 is 0 Å². The minimum absolute atomic E-state index is 0.0203. The molecular formula is C14H28N6O. The Balaban J connectivity index is 2.42. The predicted octanol–water partition coefficient (Wildman–Crippen LogP) is 0.189. The van der Waals surface area contributed by atoms with Gasteiger partial charge in [0.1, 0.15) is 11.6 Å². The summed E-state index contributed by atoms with van der Waals surface area (Å²) < 4.78 is 1.92.